The molecule has 0 aliphatic heterocycles. The van der Waals surface area contributed by atoms with Gasteiger partial charge in [0.1, 0.15) is 11.5 Å². The van der Waals surface area contributed by atoms with Gasteiger partial charge in [0.15, 0.2) is 0 Å². The molecule has 0 bridgehead atoms. The maximum atomic E-state index is 6.03. The molecule has 0 atom stereocenters. The van der Waals surface area contributed by atoms with Crippen LogP contribution < -0.4 is 10.1 Å². The zero-order chi connectivity index (χ0) is 13.0. The van der Waals surface area contributed by atoms with E-state index in [0.29, 0.717) is 0 Å². The van der Waals surface area contributed by atoms with Gasteiger partial charge in [0.05, 0.1) is 0 Å². The highest BCUT2D eigenvalue weighted by molar-refractivity contribution is 5.43. The Morgan fingerprint density at radius 1 is 0.944 bits per heavy atom. The molecule has 2 rings (SSSR count). The molecular weight excluding hydrogens is 222 g/mol. The van der Waals surface area contributed by atoms with Gasteiger partial charge in [-0.15, -0.1) is 0 Å². The van der Waals surface area contributed by atoms with Gasteiger partial charge < -0.3 is 10.1 Å². The van der Waals surface area contributed by atoms with Gasteiger partial charge in [0, 0.05) is 12.1 Å². The first kappa shape index (κ1) is 12.7. The molecule has 0 saturated heterocycles. The minimum Gasteiger partial charge on any atom is -0.457 e. The van der Waals surface area contributed by atoms with Crippen LogP contribution in [-0.4, -0.2) is 7.05 Å². The quantitative estimate of drug-likeness (QED) is 0.878. The molecule has 0 aliphatic carbocycles. The zero-order valence-electron chi connectivity index (χ0n) is 11.2. The van der Waals surface area contributed by atoms with Gasteiger partial charge in [0.2, 0.25) is 0 Å². The highest BCUT2D eigenvalue weighted by Gasteiger charge is 2.06. The third-order valence-electron chi connectivity index (χ3n) is 3.11. The normalized spacial score (nSPS) is 10.4. The molecule has 2 aromatic carbocycles. The van der Waals surface area contributed by atoms with Crippen LogP contribution in [0.25, 0.3) is 0 Å². The number of ether oxygens (including phenoxy) is 1. The van der Waals surface area contributed by atoms with Crippen LogP contribution in [0.5, 0.6) is 11.5 Å². The van der Waals surface area contributed by atoms with Crippen molar-refractivity contribution in [2.75, 3.05) is 7.05 Å². The molecule has 0 aliphatic rings. The second-order valence-electron chi connectivity index (χ2n) is 4.44. The average molecular weight is 241 g/mol. The number of para-hydroxylation sites is 1. The maximum Gasteiger partial charge on any atom is 0.131 e. The van der Waals surface area contributed by atoms with Crippen molar-refractivity contribution in [2.45, 2.75) is 20.4 Å². The van der Waals surface area contributed by atoms with E-state index in [4.69, 9.17) is 4.74 Å². The summed E-state index contributed by atoms with van der Waals surface area (Å²) >= 11 is 0. The molecule has 0 unspecified atom stereocenters. The highest BCUT2D eigenvalue weighted by atomic mass is 16.5. The van der Waals surface area contributed by atoms with Gasteiger partial charge in [0.25, 0.3) is 0 Å². The molecule has 1 N–H and O–H groups in total. The lowest BCUT2D eigenvalue weighted by Crippen LogP contribution is -2.06. The number of benzene rings is 2. The first-order valence-electron chi connectivity index (χ1n) is 6.19. The first-order chi connectivity index (χ1) is 8.72. The summed E-state index contributed by atoms with van der Waals surface area (Å²) in [6.45, 7) is 4.99. The molecule has 0 saturated carbocycles. The Kier molecular flexibility index (Phi) is 4.00. The van der Waals surface area contributed by atoms with Crippen LogP contribution in [0.2, 0.25) is 0 Å². The number of hydrogen-bond donors (Lipinski definition) is 1. The van der Waals surface area contributed by atoms with E-state index < -0.39 is 0 Å². The van der Waals surface area contributed by atoms with Gasteiger partial charge in [-0.3, -0.25) is 0 Å². The van der Waals surface area contributed by atoms with Crippen LogP contribution in [0.4, 0.5) is 0 Å². The molecule has 94 valence electrons. The third-order valence-corrected chi connectivity index (χ3v) is 3.11. The van der Waals surface area contributed by atoms with Crippen molar-refractivity contribution in [3.8, 4) is 11.5 Å². The standard InChI is InChI=1S/C16H19NO/c1-12-7-6-10-15(13(12)2)18-16-9-5-4-8-14(16)11-17-3/h4-10,17H,11H2,1-3H3. The van der Waals surface area contributed by atoms with Crippen molar-refractivity contribution in [2.24, 2.45) is 0 Å². The minimum atomic E-state index is 0.807. The van der Waals surface area contributed by atoms with E-state index in [9.17, 15) is 0 Å². The molecule has 18 heavy (non-hydrogen) atoms. The van der Waals surface area contributed by atoms with Crippen molar-refractivity contribution < 1.29 is 4.74 Å². The molecule has 0 spiro atoms. The summed E-state index contributed by atoms with van der Waals surface area (Å²) in [5, 5.41) is 3.16. The lowest BCUT2D eigenvalue weighted by molar-refractivity contribution is 0.470. The molecule has 0 heterocycles. The van der Waals surface area contributed by atoms with E-state index in [1.54, 1.807) is 0 Å². The van der Waals surface area contributed by atoms with Gasteiger partial charge in [-0.2, -0.15) is 0 Å². The topological polar surface area (TPSA) is 21.3 Å². The second kappa shape index (κ2) is 5.69. The van der Waals surface area contributed by atoms with Crippen LogP contribution in [0.1, 0.15) is 16.7 Å². The van der Waals surface area contributed by atoms with Crippen molar-refractivity contribution >= 4 is 0 Å². The molecule has 0 fully saturated rings. The number of nitrogens with one attached hydrogen (secondary N) is 1. The van der Waals surface area contributed by atoms with E-state index in [1.165, 1.54) is 16.7 Å². The lowest BCUT2D eigenvalue weighted by atomic mass is 10.1. The summed E-state index contributed by atoms with van der Waals surface area (Å²) in [7, 11) is 1.94. The fourth-order valence-corrected chi connectivity index (χ4v) is 1.89. The molecule has 2 nitrogen and oxygen atoms in total. The Morgan fingerprint density at radius 2 is 1.67 bits per heavy atom. The Bertz CT molecular complexity index is 534. The van der Waals surface area contributed by atoms with Crippen LogP contribution in [-0.2, 0) is 6.54 Å². The van der Waals surface area contributed by atoms with E-state index in [1.807, 2.05) is 37.4 Å². The van der Waals surface area contributed by atoms with Gasteiger partial charge in [-0.1, -0.05) is 30.3 Å². The Morgan fingerprint density at radius 3 is 2.44 bits per heavy atom. The zero-order valence-corrected chi connectivity index (χ0v) is 11.2. The van der Waals surface area contributed by atoms with E-state index in [-0.39, 0.29) is 0 Å². The van der Waals surface area contributed by atoms with Gasteiger partial charge >= 0.3 is 0 Å². The second-order valence-corrected chi connectivity index (χ2v) is 4.44. The summed E-state index contributed by atoms with van der Waals surface area (Å²) in [6, 6.07) is 14.3. The van der Waals surface area contributed by atoms with E-state index in [0.717, 1.165) is 18.0 Å². The fraction of sp³-hybridized carbons (Fsp3) is 0.250. The van der Waals surface area contributed by atoms with Crippen molar-refractivity contribution in [3.05, 3.63) is 59.2 Å². The predicted molar refractivity (Wildman–Crippen MR) is 75.2 cm³/mol. The number of hydrogen-bond acceptors (Lipinski definition) is 2. The first-order valence-corrected chi connectivity index (χ1v) is 6.19. The lowest BCUT2D eigenvalue weighted by Gasteiger charge is -2.13. The summed E-state index contributed by atoms with van der Waals surface area (Å²) in [5.74, 6) is 1.85. The molecular formula is C16H19NO. The molecule has 2 heteroatoms. The summed E-state index contributed by atoms with van der Waals surface area (Å²) < 4.78 is 6.03. The SMILES string of the molecule is CNCc1ccccc1Oc1cccc(C)c1C. The van der Waals surface area contributed by atoms with Crippen molar-refractivity contribution in [3.63, 3.8) is 0 Å². The highest BCUT2D eigenvalue weighted by Crippen LogP contribution is 2.29. The monoisotopic (exact) mass is 241 g/mol. The maximum absolute atomic E-state index is 6.03. The number of aryl methyl sites for hydroxylation is 1. The van der Waals surface area contributed by atoms with Crippen LogP contribution in [0, 0.1) is 13.8 Å². The molecule has 0 amide bonds. The fourth-order valence-electron chi connectivity index (χ4n) is 1.89. The Balaban J connectivity index is 2.31. The Labute approximate surface area is 109 Å². The van der Waals surface area contributed by atoms with Crippen molar-refractivity contribution in [1.29, 1.82) is 0 Å². The average Bonchev–Trinajstić information content (AvgIpc) is 2.37. The Hall–Kier alpha value is -1.80. The van der Waals surface area contributed by atoms with Crippen LogP contribution in [0.15, 0.2) is 42.5 Å². The largest absolute Gasteiger partial charge is 0.457 e. The number of rotatable bonds is 4. The molecule has 0 aromatic heterocycles. The minimum absolute atomic E-state index is 0.807. The molecule has 2 aromatic rings. The summed E-state index contributed by atoms with van der Waals surface area (Å²) in [4.78, 5) is 0. The van der Waals surface area contributed by atoms with E-state index >= 15 is 0 Å². The van der Waals surface area contributed by atoms with Gasteiger partial charge in [-0.25, -0.2) is 0 Å². The van der Waals surface area contributed by atoms with E-state index in [2.05, 4.69) is 31.3 Å². The smallest absolute Gasteiger partial charge is 0.131 e. The molecule has 0 radical (unpaired) electrons. The van der Waals surface area contributed by atoms with Crippen LogP contribution in [0.3, 0.4) is 0 Å². The van der Waals surface area contributed by atoms with Crippen molar-refractivity contribution in [1.82, 2.24) is 5.32 Å². The predicted octanol–water partition coefficient (Wildman–Crippen LogP) is 3.82. The van der Waals surface area contributed by atoms with Crippen LogP contribution >= 0.6 is 0 Å². The summed E-state index contributed by atoms with van der Waals surface area (Å²) in [6.07, 6.45) is 0. The third kappa shape index (κ3) is 2.71. The van der Waals surface area contributed by atoms with Gasteiger partial charge in [-0.05, 0) is 44.2 Å². The summed E-state index contributed by atoms with van der Waals surface area (Å²) in [5.41, 5.74) is 3.61.